The molecule has 3 aromatic carbocycles. The lowest BCUT2D eigenvalue weighted by molar-refractivity contribution is -0.123. The van der Waals surface area contributed by atoms with E-state index in [1.54, 1.807) is 42.5 Å². The number of nitrogens with zero attached hydrogens (tertiary/aromatic N) is 1. The number of benzene rings is 3. The Morgan fingerprint density at radius 3 is 2.44 bits per heavy atom. The average molecular weight is 538 g/mol. The number of hydrogen-bond acceptors (Lipinski definition) is 6. The lowest BCUT2D eigenvalue weighted by Crippen LogP contribution is -2.27. The third-order valence-electron chi connectivity index (χ3n) is 5.09. The fourth-order valence-electron chi connectivity index (χ4n) is 3.31. The van der Waals surface area contributed by atoms with Crippen molar-refractivity contribution in [3.63, 3.8) is 0 Å². The molecule has 0 aromatic heterocycles. The van der Waals surface area contributed by atoms with Crippen molar-refractivity contribution in [2.75, 3.05) is 7.11 Å². The second-order valence-corrected chi connectivity index (χ2v) is 9.39. The van der Waals surface area contributed by atoms with Gasteiger partial charge in [0.2, 0.25) is 0 Å². The average Bonchev–Trinajstić information content (AvgIpc) is 3.09. The largest absolute Gasteiger partial charge is 0.493 e. The minimum absolute atomic E-state index is 0.212. The number of methoxy groups -OCH3 is 1. The first kappa shape index (κ1) is 23.8. The lowest BCUT2D eigenvalue weighted by atomic mass is 10.1. The standard InChI is InChI=1S/C26H20BrNO5S/c1-16-8-10-17(11-9-16)15-28-24(29)22(34-26(28)31)14-18-12-20(27)23(21(13-18)32-2)33-25(30)19-6-4-3-5-7-19/h3-14H,15H2,1-2H3/b22-14-. The van der Waals surface area contributed by atoms with Gasteiger partial charge in [-0.25, -0.2) is 4.79 Å². The summed E-state index contributed by atoms with van der Waals surface area (Å²) in [7, 11) is 1.46. The van der Waals surface area contributed by atoms with Gasteiger partial charge in [0, 0.05) is 0 Å². The predicted molar refractivity (Wildman–Crippen MR) is 135 cm³/mol. The highest BCUT2D eigenvalue weighted by Gasteiger charge is 2.35. The summed E-state index contributed by atoms with van der Waals surface area (Å²) >= 11 is 4.31. The molecule has 0 unspecified atom stereocenters. The number of hydrogen-bond donors (Lipinski definition) is 0. The number of halogens is 1. The fourth-order valence-corrected chi connectivity index (χ4v) is 4.69. The van der Waals surface area contributed by atoms with Crippen molar-refractivity contribution in [1.82, 2.24) is 4.90 Å². The molecule has 34 heavy (non-hydrogen) atoms. The van der Waals surface area contributed by atoms with Gasteiger partial charge in [-0.2, -0.15) is 0 Å². The van der Waals surface area contributed by atoms with E-state index in [4.69, 9.17) is 9.47 Å². The van der Waals surface area contributed by atoms with Crippen LogP contribution in [0, 0.1) is 6.92 Å². The smallest absolute Gasteiger partial charge is 0.343 e. The van der Waals surface area contributed by atoms with Gasteiger partial charge in [-0.15, -0.1) is 0 Å². The first-order chi connectivity index (χ1) is 16.4. The first-order valence-electron chi connectivity index (χ1n) is 10.3. The molecule has 8 heteroatoms. The summed E-state index contributed by atoms with van der Waals surface area (Å²) in [6, 6.07) is 19.7. The molecule has 0 aliphatic carbocycles. The number of ether oxygens (including phenoxy) is 2. The second kappa shape index (κ2) is 10.3. The summed E-state index contributed by atoms with van der Waals surface area (Å²) in [5.74, 6) is -0.348. The van der Waals surface area contributed by atoms with Crippen LogP contribution in [-0.2, 0) is 11.3 Å². The maximum atomic E-state index is 12.9. The fraction of sp³-hybridized carbons (Fsp3) is 0.115. The molecule has 6 nitrogen and oxygen atoms in total. The van der Waals surface area contributed by atoms with Crippen LogP contribution in [-0.4, -0.2) is 29.1 Å². The molecule has 1 fully saturated rings. The summed E-state index contributed by atoms with van der Waals surface area (Å²) < 4.78 is 11.4. The van der Waals surface area contributed by atoms with Gasteiger partial charge in [-0.3, -0.25) is 14.5 Å². The van der Waals surface area contributed by atoms with Crippen molar-refractivity contribution in [1.29, 1.82) is 0 Å². The molecule has 1 heterocycles. The number of thioether (sulfide) groups is 1. The minimum atomic E-state index is -0.524. The van der Waals surface area contributed by atoms with Gasteiger partial charge >= 0.3 is 5.97 Å². The Kier molecular flexibility index (Phi) is 7.19. The number of rotatable bonds is 6. The van der Waals surface area contributed by atoms with Gasteiger partial charge in [0.05, 0.1) is 28.6 Å². The first-order valence-corrected chi connectivity index (χ1v) is 11.9. The van der Waals surface area contributed by atoms with Crippen LogP contribution >= 0.6 is 27.7 Å². The Morgan fingerprint density at radius 1 is 1.06 bits per heavy atom. The molecular weight excluding hydrogens is 518 g/mol. The number of carbonyl (C=O) groups is 3. The summed E-state index contributed by atoms with van der Waals surface area (Å²) in [5.41, 5.74) is 3.00. The van der Waals surface area contributed by atoms with Crippen LogP contribution in [0.1, 0.15) is 27.0 Å². The molecule has 0 radical (unpaired) electrons. The Labute approximate surface area is 209 Å². The Bertz CT molecular complexity index is 1290. The van der Waals surface area contributed by atoms with E-state index in [1.807, 2.05) is 37.3 Å². The number of carbonyl (C=O) groups excluding carboxylic acids is 3. The number of aryl methyl sites for hydroxylation is 1. The predicted octanol–water partition coefficient (Wildman–Crippen LogP) is 6.22. The zero-order valence-electron chi connectivity index (χ0n) is 18.4. The summed E-state index contributed by atoms with van der Waals surface area (Å²) in [6.07, 6.45) is 1.62. The van der Waals surface area contributed by atoms with Gasteiger partial charge in [-0.05, 0) is 76.1 Å². The monoisotopic (exact) mass is 537 g/mol. The van der Waals surface area contributed by atoms with Crippen molar-refractivity contribution < 1.29 is 23.9 Å². The van der Waals surface area contributed by atoms with Crippen molar-refractivity contribution >= 4 is 50.9 Å². The minimum Gasteiger partial charge on any atom is -0.493 e. The molecule has 1 aliphatic rings. The van der Waals surface area contributed by atoms with Gasteiger partial charge in [0.25, 0.3) is 11.1 Å². The third kappa shape index (κ3) is 5.24. The van der Waals surface area contributed by atoms with Crippen molar-refractivity contribution in [2.24, 2.45) is 0 Å². The molecule has 1 saturated heterocycles. The maximum absolute atomic E-state index is 12.9. The quantitative estimate of drug-likeness (QED) is 0.211. The van der Waals surface area contributed by atoms with E-state index in [-0.39, 0.29) is 23.4 Å². The summed E-state index contributed by atoms with van der Waals surface area (Å²) in [5, 5.41) is -0.323. The van der Waals surface area contributed by atoms with Crippen molar-refractivity contribution in [3.8, 4) is 11.5 Å². The zero-order chi connectivity index (χ0) is 24.2. The van der Waals surface area contributed by atoms with Gasteiger partial charge in [0.15, 0.2) is 11.5 Å². The van der Waals surface area contributed by atoms with E-state index in [1.165, 1.54) is 12.0 Å². The van der Waals surface area contributed by atoms with E-state index < -0.39 is 5.97 Å². The van der Waals surface area contributed by atoms with E-state index in [9.17, 15) is 14.4 Å². The summed E-state index contributed by atoms with van der Waals surface area (Å²) in [4.78, 5) is 39.4. The molecule has 0 spiro atoms. The number of imide groups is 1. The van der Waals surface area contributed by atoms with E-state index >= 15 is 0 Å². The van der Waals surface area contributed by atoms with Crippen molar-refractivity contribution in [3.05, 3.63) is 98.4 Å². The number of esters is 1. The SMILES string of the molecule is COc1cc(/C=C2\SC(=O)N(Cc3ccc(C)cc3)C2=O)cc(Br)c1OC(=O)c1ccccc1. The Hall–Kier alpha value is -3.36. The highest BCUT2D eigenvalue weighted by atomic mass is 79.9. The maximum Gasteiger partial charge on any atom is 0.343 e. The van der Waals surface area contributed by atoms with Gasteiger partial charge in [0.1, 0.15) is 0 Å². The highest BCUT2D eigenvalue weighted by Crippen LogP contribution is 2.39. The normalized spacial score (nSPS) is 14.6. The molecule has 4 rings (SSSR count). The molecule has 0 atom stereocenters. The molecular formula is C26H20BrNO5S. The van der Waals surface area contributed by atoms with E-state index in [2.05, 4.69) is 15.9 Å². The molecule has 2 amide bonds. The van der Waals surface area contributed by atoms with Gasteiger partial charge < -0.3 is 9.47 Å². The van der Waals surface area contributed by atoms with Gasteiger partial charge in [-0.1, -0.05) is 48.0 Å². The zero-order valence-corrected chi connectivity index (χ0v) is 20.8. The third-order valence-corrected chi connectivity index (χ3v) is 6.59. The summed E-state index contributed by atoms with van der Waals surface area (Å²) in [6.45, 7) is 2.19. The van der Waals surface area contributed by atoms with E-state index in [0.717, 1.165) is 22.9 Å². The van der Waals surface area contributed by atoms with E-state index in [0.29, 0.717) is 26.3 Å². The van der Waals surface area contributed by atoms with Crippen molar-refractivity contribution in [2.45, 2.75) is 13.5 Å². The second-order valence-electron chi connectivity index (χ2n) is 7.54. The van der Waals surface area contributed by atoms with Crippen LogP contribution in [0.4, 0.5) is 4.79 Å². The topological polar surface area (TPSA) is 72.9 Å². The molecule has 172 valence electrons. The van der Waals surface area contributed by atoms with Crippen LogP contribution in [0.25, 0.3) is 6.08 Å². The van der Waals surface area contributed by atoms with Crippen LogP contribution in [0.3, 0.4) is 0 Å². The lowest BCUT2D eigenvalue weighted by Gasteiger charge is -2.13. The van der Waals surface area contributed by atoms with Crippen LogP contribution in [0.5, 0.6) is 11.5 Å². The highest BCUT2D eigenvalue weighted by molar-refractivity contribution is 9.10. The molecule has 3 aromatic rings. The van der Waals surface area contributed by atoms with Crippen LogP contribution < -0.4 is 9.47 Å². The van der Waals surface area contributed by atoms with Crippen LogP contribution in [0.2, 0.25) is 0 Å². The molecule has 0 saturated carbocycles. The molecule has 0 N–H and O–H groups in total. The number of amides is 2. The molecule has 1 aliphatic heterocycles. The Morgan fingerprint density at radius 2 is 1.76 bits per heavy atom. The Balaban J connectivity index is 1.56. The van der Waals surface area contributed by atoms with Crippen LogP contribution in [0.15, 0.2) is 76.1 Å². The molecule has 0 bridgehead atoms.